The number of nitrogens with zero attached hydrogens (tertiary/aromatic N) is 3. The van der Waals surface area contributed by atoms with E-state index in [1.807, 2.05) is 16.8 Å². The third-order valence-corrected chi connectivity index (χ3v) is 3.57. The van der Waals surface area contributed by atoms with E-state index >= 15 is 0 Å². The number of imide groups is 1. The highest BCUT2D eigenvalue weighted by atomic mass is 32.2. The molecule has 7 nitrogen and oxygen atoms in total. The van der Waals surface area contributed by atoms with Gasteiger partial charge in [0, 0.05) is 12.5 Å². The van der Waals surface area contributed by atoms with Gasteiger partial charge < -0.3 is 10.3 Å². The second-order valence-electron chi connectivity index (χ2n) is 4.06. The lowest BCUT2D eigenvalue weighted by molar-refractivity contribution is -0.117. The number of nitrogens with two attached hydrogens (primary N) is 1. The van der Waals surface area contributed by atoms with Crippen molar-refractivity contribution in [1.29, 1.82) is 0 Å². The molecule has 1 heterocycles. The summed E-state index contributed by atoms with van der Waals surface area (Å²) in [7, 11) is 0. The Labute approximate surface area is 109 Å². The molecule has 0 radical (unpaired) electrons. The standard InChI is InChI=1S/C10H15N5O2S/c1-2-15-8(6-3-4-6)13-14-10(15)18-5-7(16)12-9(11)17/h6H,2-5H2,1H3,(H3,11,12,16,17). The first-order chi connectivity index (χ1) is 8.61. The van der Waals surface area contributed by atoms with Crippen molar-refractivity contribution < 1.29 is 9.59 Å². The number of carbonyl (C=O) groups excluding carboxylic acids is 2. The minimum Gasteiger partial charge on any atom is -0.351 e. The van der Waals surface area contributed by atoms with Gasteiger partial charge in [-0.1, -0.05) is 11.8 Å². The molecule has 1 saturated carbocycles. The van der Waals surface area contributed by atoms with Gasteiger partial charge in [-0.3, -0.25) is 10.1 Å². The predicted octanol–water partition coefficient (Wildman–Crippen LogP) is 0.462. The van der Waals surface area contributed by atoms with Crippen LogP contribution in [0.25, 0.3) is 0 Å². The molecule has 8 heteroatoms. The van der Waals surface area contributed by atoms with Gasteiger partial charge in [-0.25, -0.2) is 4.79 Å². The molecule has 2 rings (SSSR count). The molecule has 1 aromatic rings. The van der Waals surface area contributed by atoms with Gasteiger partial charge in [-0.05, 0) is 19.8 Å². The molecule has 0 aliphatic heterocycles. The summed E-state index contributed by atoms with van der Waals surface area (Å²) in [5, 5.41) is 11.0. The van der Waals surface area contributed by atoms with Gasteiger partial charge in [0.05, 0.1) is 5.75 Å². The maximum absolute atomic E-state index is 11.3. The molecule has 1 aliphatic carbocycles. The van der Waals surface area contributed by atoms with Crippen molar-refractivity contribution in [2.45, 2.75) is 37.4 Å². The average Bonchev–Trinajstić information content (AvgIpc) is 3.06. The molecule has 1 aliphatic rings. The van der Waals surface area contributed by atoms with Crippen molar-refractivity contribution in [3.63, 3.8) is 0 Å². The molecular formula is C10H15N5O2S. The number of aromatic nitrogens is 3. The zero-order chi connectivity index (χ0) is 13.1. The summed E-state index contributed by atoms with van der Waals surface area (Å²) in [6.45, 7) is 2.79. The summed E-state index contributed by atoms with van der Waals surface area (Å²) in [4.78, 5) is 21.8. The molecule has 0 spiro atoms. The van der Waals surface area contributed by atoms with Gasteiger partial charge in [0.1, 0.15) is 5.82 Å². The highest BCUT2D eigenvalue weighted by molar-refractivity contribution is 7.99. The second kappa shape index (κ2) is 5.38. The highest BCUT2D eigenvalue weighted by Crippen LogP contribution is 2.39. The van der Waals surface area contributed by atoms with Crippen molar-refractivity contribution in [3.05, 3.63) is 5.82 Å². The Kier molecular flexibility index (Phi) is 3.85. The zero-order valence-electron chi connectivity index (χ0n) is 10.0. The van der Waals surface area contributed by atoms with Gasteiger partial charge >= 0.3 is 6.03 Å². The topological polar surface area (TPSA) is 103 Å². The fourth-order valence-electron chi connectivity index (χ4n) is 1.65. The van der Waals surface area contributed by atoms with Gasteiger partial charge in [-0.2, -0.15) is 0 Å². The molecule has 1 fully saturated rings. The number of hydrogen-bond acceptors (Lipinski definition) is 5. The van der Waals surface area contributed by atoms with Crippen LogP contribution in [-0.2, 0) is 11.3 Å². The van der Waals surface area contributed by atoms with Crippen LogP contribution in [0.3, 0.4) is 0 Å². The normalized spacial score (nSPS) is 14.5. The van der Waals surface area contributed by atoms with Crippen molar-refractivity contribution in [3.8, 4) is 0 Å². The van der Waals surface area contributed by atoms with Crippen LogP contribution in [0.5, 0.6) is 0 Å². The molecular weight excluding hydrogens is 254 g/mol. The maximum Gasteiger partial charge on any atom is 0.318 e. The Morgan fingerprint density at radius 2 is 2.22 bits per heavy atom. The lowest BCUT2D eigenvalue weighted by atomic mass is 10.4. The molecule has 0 bridgehead atoms. The summed E-state index contributed by atoms with van der Waals surface area (Å²) in [6.07, 6.45) is 2.32. The molecule has 0 unspecified atom stereocenters. The van der Waals surface area contributed by atoms with Crippen molar-refractivity contribution in [2.24, 2.45) is 5.73 Å². The molecule has 0 aromatic carbocycles. The van der Waals surface area contributed by atoms with E-state index in [0.29, 0.717) is 11.1 Å². The van der Waals surface area contributed by atoms with E-state index in [4.69, 9.17) is 5.73 Å². The van der Waals surface area contributed by atoms with Crippen LogP contribution >= 0.6 is 11.8 Å². The first-order valence-corrected chi connectivity index (χ1v) is 6.75. The van der Waals surface area contributed by atoms with Crippen LogP contribution < -0.4 is 11.1 Å². The quantitative estimate of drug-likeness (QED) is 0.756. The largest absolute Gasteiger partial charge is 0.351 e. The molecule has 98 valence electrons. The van der Waals surface area contributed by atoms with Crippen LogP contribution in [0.4, 0.5) is 4.79 Å². The number of rotatable bonds is 5. The van der Waals surface area contributed by atoms with E-state index < -0.39 is 11.9 Å². The molecule has 18 heavy (non-hydrogen) atoms. The Balaban J connectivity index is 1.96. The van der Waals surface area contributed by atoms with E-state index in [2.05, 4.69) is 10.2 Å². The Morgan fingerprint density at radius 1 is 1.50 bits per heavy atom. The number of amides is 3. The van der Waals surface area contributed by atoms with E-state index in [-0.39, 0.29) is 5.75 Å². The van der Waals surface area contributed by atoms with Crippen molar-refractivity contribution in [1.82, 2.24) is 20.1 Å². The molecule has 3 N–H and O–H groups in total. The van der Waals surface area contributed by atoms with Crippen LogP contribution in [0.2, 0.25) is 0 Å². The van der Waals surface area contributed by atoms with Crippen LogP contribution in [0.15, 0.2) is 5.16 Å². The van der Waals surface area contributed by atoms with Crippen LogP contribution in [0.1, 0.15) is 31.5 Å². The van der Waals surface area contributed by atoms with E-state index in [1.165, 1.54) is 11.8 Å². The molecule has 3 amide bonds. The average molecular weight is 269 g/mol. The summed E-state index contributed by atoms with van der Waals surface area (Å²) in [5.41, 5.74) is 4.86. The maximum atomic E-state index is 11.3. The Morgan fingerprint density at radius 3 is 2.78 bits per heavy atom. The fraction of sp³-hybridized carbons (Fsp3) is 0.600. The number of thioether (sulfide) groups is 1. The smallest absolute Gasteiger partial charge is 0.318 e. The predicted molar refractivity (Wildman–Crippen MR) is 66.1 cm³/mol. The van der Waals surface area contributed by atoms with Gasteiger partial charge in [0.25, 0.3) is 0 Å². The minimum atomic E-state index is -0.837. The van der Waals surface area contributed by atoms with Gasteiger partial charge in [0.15, 0.2) is 5.16 Å². The fourth-order valence-corrected chi connectivity index (χ4v) is 2.46. The third-order valence-electron chi connectivity index (χ3n) is 2.60. The molecule has 0 saturated heterocycles. The first-order valence-electron chi connectivity index (χ1n) is 5.77. The number of urea groups is 1. The van der Waals surface area contributed by atoms with Gasteiger partial charge in [0.2, 0.25) is 5.91 Å². The van der Waals surface area contributed by atoms with Crippen LogP contribution in [-0.4, -0.2) is 32.5 Å². The van der Waals surface area contributed by atoms with E-state index in [9.17, 15) is 9.59 Å². The minimum absolute atomic E-state index is 0.103. The summed E-state index contributed by atoms with van der Waals surface area (Å²) in [5.74, 6) is 1.19. The summed E-state index contributed by atoms with van der Waals surface area (Å²) in [6, 6.07) is -0.837. The Bertz CT molecular complexity index is 469. The number of nitrogens with one attached hydrogen (secondary N) is 1. The first kappa shape index (κ1) is 12.9. The number of hydrogen-bond donors (Lipinski definition) is 2. The number of primary amides is 1. The summed E-state index contributed by atoms with van der Waals surface area (Å²) >= 11 is 1.26. The second-order valence-corrected chi connectivity index (χ2v) is 5.00. The lowest BCUT2D eigenvalue weighted by Crippen LogP contribution is -2.36. The van der Waals surface area contributed by atoms with Crippen molar-refractivity contribution >= 4 is 23.7 Å². The third kappa shape index (κ3) is 3.00. The summed E-state index contributed by atoms with van der Waals surface area (Å²) < 4.78 is 2.01. The molecule has 1 aromatic heterocycles. The number of carbonyl (C=O) groups is 2. The molecule has 0 atom stereocenters. The van der Waals surface area contributed by atoms with Crippen LogP contribution in [0, 0.1) is 0 Å². The van der Waals surface area contributed by atoms with E-state index in [0.717, 1.165) is 25.2 Å². The highest BCUT2D eigenvalue weighted by Gasteiger charge is 2.30. The lowest BCUT2D eigenvalue weighted by Gasteiger charge is -2.05. The Hall–Kier alpha value is -1.57. The van der Waals surface area contributed by atoms with E-state index in [1.54, 1.807) is 0 Å². The van der Waals surface area contributed by atoms with Crippen molar-refractivity contribution in [2.75, 3.05) is 5.75 Å². The van der Waals surface area contributed by atoms with Gasteiger partial charge in [-0.15, -0.1) is 10.2 Å². The zero-order valence-corrected chi connectivity index (χ0v) is 10.9. The SMILES string of the molecule is CCn1c(SCC(=O)NC(N)=O)nnc1C1CC1. The monoisotopic (exact) mass is 269 g/mol.